The van der Waals surface area contributed by atoms with Crippen LogP contribution in [0.2, 0.25) is 0 Å². The van der Waals surface area contributed by atoms with Crippen molar-refractivity contribution in [3.8, 4) is 0 Å². The van der Waals surface area contributed by atoms with Gasteiger partial charge < -0.3 is 11.5 Å². The van der Waals surface area contributed by atoms with E-state index in [9.17, 15) is 0 Å². The molecule has 3 saturated carbocycles. The lowest BCUT2D eigenvalue weighted by Crippen LogP contribution is -2.53. The molecule has 0 radical (unpaired) electrons. The first-order valence-corrected chi connectivity index (χ1v) is 12.3. The molecule has 0 spiro atoms. The first-order valence-electron chi connectivity index (χ1n) is 11.4. The van der Waals surface area contributed by atoms with Crippen LogP contribution < -0.4 is 11.5 Å². The van der Waals surface area contributed by atoms with Gasteiger partial charge in [0.25, 0.3) is 0 Å². The average molecular weight is 435 g/mol. The van der Waals surface area contributed by atoms with Gasteiger partial charge in [-0.2, -0.15) is 0 Å². The number of alkyl halides is 1. The van der Waals surface area contributed by atoms with Crippen molar-refractivity contribution < 1.29 is 0 Å². The summed E-state index contributed by atoms with van der Waals surface area (Å²) in [7, 11) is 0. The molecule has 0 aromatic heterocycles. The molecule has 1 aromatic rings. The smallest absolute Gasteiger partial charge is 0.0787 e. The summed E-state index contributed by atoms with van der Waals surface area (Å²) in [5, 5.41) is 0. The van der Waals surface area contributed by atoms with Crippen LogP contribution in [0.15, 0.2) is 30.3 Å². The number of rotatable bonds is 3. The zero-order chi connectivity index (χ0) is 21.1. The van der Waals surface area contributed by atoms with E-state index in [4.69, 9.17) is 35.3 Å². The fourth-order valence-electron chi connectivity index (χ4n) is 6.56. The monoisotopic (exact) mass is 434 g/mol. The Morgan fingerprint density at radius 3 is 2.21 bits per heavy atom. The fraction of sp³-hybridized carbons (Fsp3) is 0.720. The first-order chi connectivity index (χ1) is 13.7. The zero-order valence-electron chi connectivity index (χ0n) is 18.3. The van der Waals surface area contributed by atoms with Crippen LogP contribution in [0.4, 0.5) is 0 Å². The van der Waals surface area contributed by atoms with Gasteiger partial charge in [-0.3, -0.25) is 0 Å². The van der Waals surface area contributed by atoms with Crippen LogP contribution in [0, 0.1) is 16.7 Å². The van der Waals surface area contributed by atoms with Gasteiger partial charge in [0, 0.05) is 17.3 Å². The zero-order valence-corrected chi connectivity index (χ0v) is 19.8. The van der Waals surface area contributed by atoms with Gasteiger partial charge in [-0.1, -0.05) is 75.7 Å². The van der Waals surface area contributed by atoms with E-state index in [2.05, 4.69) is 44.2 Å². The second kappa shape index (κ2) is 9.24. The van der Waals surface area contributed by atoms with E-state index in [1.54, 1.807) is 0 Å². The van der Waals surface area contributed by atoms with Crippen molar-refractivity contribution in [2.75, 3.05) is 5.88 Å². The van der Waals surface area contributed by atoms with E-state index < -0.39 is 0 Å². The van der Waals surface area contributed by atoms with Crippen LogP contribution in [0.5, 0.6) is 0 Å². The van der Waals surface area contributed by atoms with Gasteiger partial charge >= 0.3 is 0 Å². The van der Waals surface area contributed by atoms with Crippen molar-refractivity contribution in [2.24, 2.45) is 28.2 Å². The third-order valence-electron chi connectivity index (χ3n) is 7.65. The number of benzene rings is 1. The van der Waals surface area contributed by atoms with Gasteiger partial charge in [-0.25, -0.2) is 0 Å². The maximum Gasteiger partial charge on any atom is 0.0787 e. The Morgan fingerprint density at radius 1 is 1.03 bits per heavy atom. The van der Waals surface area contributed by atoms with Gasteiger partial charge in [0.2, 0.25) is 0 Å². The molecule has 0 saturated heterocycles. The van der Waals surface area contributed by atoms with E-state index >= 15 is 0 Å². The van der Waals surface area contributed by atoms with Crippen LogP contribution in [-0.2, 0) is 5.41 Å². The molecule has 4 N–H and O–H groups in total. The molecular formula is C25H39ClN2S. The minimum atomic E-state index is -0.0261. The molecule has 2 nitrogen and oxygen atoms in total. The Morgan fingerprint density at radius 2 is 1.69 bits per heavy atom. The average Bonchev–Trinajstić information content (AvgIpc) is 2.69. The van der Waals surface area contributed by atoms with E-state index in [1.165, 1.54) is 50.5 Å². The summed E-state index contributed by atoms with van der Waals surface area (Å²) in [6.07, 6.45) is 12.4. The lowest BCUT2D eigenvalue weighted by atomic mass is 9.47. The maximum atomic E-state index is 6.37. The molecule has 0 aliphatic heterocycles. The van der Waals surface area contributed by atoms with Crippen molar-refractivity contribution in [1.82, 2.24) is 0 Å². The highest BCUT2D eigenvalue weighted by atomic mass is 35.5. The van der Waals surface area contributed by atoms with Crippen molar-refractivity contribution in [3.05, 3.63) is 35.9 Å². The third-order valence-corrected chi connectivity index (χ3v) is 8.79. The lowest BCUT2D eigenvalue weighted by Gasteiger charge is -2.57. The summed E-state index contributed by atoms with van der Waals surface area (Å²) in [4.78, 5) is 0.687. The quantitative estimate of drug-likeness (QED) is 0.431. The molecule has 162 valence electrons. The van der Waals surface area contributed by atoms with Crippen molar-refractivity contribution in [3.63, 3.8) is 0 Å². The Hall–Kier alpha value is -0.640. The van der Waals surface area contributed by atoms with Crippen LogP contribution in [0.3, 0.4) is 0 Å². The topological polar surface area (TPSA) is 52.0 Å². The van der Waals surface area contributed by atoms with Crippen LogP contribution in [-0.4, -0.2) is 16.9 Å². The molecule has 2 bridgehead atoms. The molecule has 3 aliphatic carbocycles. The number of hydrogen-bond donors (Lipinski definition) is 2. The summed E-state index contributed by atoms with van der Waals surface area (Å²) in [5.41, 5.74) is 13.6. The minimum absolute atomic E-state index is 0.0261. The molecule has 4 unspecified atom stereocenters. The summed E-state index contributed by atoms with van der Waals surface area (Å²) in [6.45, 7) is 4.62. The Labute approximate surface area is 188 Å². The van der Waals surface area contributed by atoms with Gasteiger partial charge in [0.15, 0.2) is 0 Å². The maximum absolute atomic E-state index is 6.37. The van der Waals surface area contributed by atoms with Gasteiger partial charge in [0.1, 0.15) is 0 Å². The highest BCUT2D eigenvalue weighted by Crippen LogP contribution is 2.61. The van der Waals surface area contributed by atoms with E-state index in [1.807, 2.05) is 0 Å². The third kappa shape index (κ3) is 5.35. The molecule has 4 atom stereocenters. The molecule has 29 heavy (non-hydrogen) atoms. The number of hydrogen-bond acceptors (Lipinski definition) is 2. The summed E-state index contributed by atoms with van der Waals surface area (Å²) in [5.74, 6) is 1.40. The van der Waals surface area contributed by atoms with Crippen LogP contribution >= 0.6 is 23.8 Å². The van der Waals surface area contributed by atoms with Crippen molar-refractivity contribution in [1.29, 1.82) is 0 Å². The largest absolute Gasteiger partial charge is 0.393 e. The molecular weight excluding hydrogens is 396 g/mol. The number of nitrogens with two attached hydrogens (primary N) is 2. The fourth-order valence-corrected chi connectivity index (χ4v) is 6.91. The molecule has 4 rings (SSSR count). The number of fused-ring (bicyclic) bond motifs is 2. The van der Waals surface area contributed by atoms with Gasteiger partial charge in [-0.15, -0.1) is 11.6 Å². The summed E-state index contributed by atoms with van der Waals surface area (Å²) >= 11 is 11.8. The minimum Gasteiger partial charge on any atom is -0.393 e. The van der Waals surface area contributed by atoms with Crippen LogP contribution in [0.25, 0.3) is 0 Å². The van der Waals surface area contributed by atoms with Crippen molar-refractivity contribution in [2.45, 2.75) is 89.5 Å². The summed E-state index contributed by atoms with van der Waals surface area (Å²) < 4.78 is 0. The summed E-state index contributed by atoms with van der Waals surface area (Å²) in [6, 6.07) is 11.5. The molecule has 4 heteroatoms. The Kier molecular flexibility index (Phi) is 7.34. The predicted octanol–water partition coefficient (Wildman–Crippen LogP) is 6.33. The standard InChI is InChI=1S/C19H26ClNS.C6H13N/c1-17(13-20)8-14-9-18(2,16(21)22)12-19(10-14,11-17)15-6-4-3-5-7-15;7-6-4-2-1-3-5-6/h3-7,14H,8-13H2,1-2H3,(H2,21,22);6H,1-5,7H2. The second-order valence-electron chi connectivity index (χ2n) is 10.7. The van der Waals surface area contributed by atoms with E-state index in [0.29, 0.717) is 16.9 Å². The van der Waals surface area contributed by atoms with E-state index in [-0.39, 0.29) is 16.2 Å². The van der Waals surface area contributed by atoms with Crippen LogP contribution in [0.1, 0.15) is 83.6 Å². The molecule has 3 fully saturated rings. The van der Waals surface area contributed by atoms with Crippen molar-refractivity contribution >= 4 is 28.8 Å². The second-order valence-corrected chi connectivity index (χ2v) is 11.5. The molecule has 0 amide bonds. The Balaban J connectivity index is 0.000000290. The SMILES string of the molecule is CC1(CCl)CC2CC(C)(C(N)=S)CC(c3ccccc3)(C2)C1.NC1CCCCC1. The lowest BCUT2D eigenvalue weighted by molar-refractivity contribution is 0.0150. The number of halogens is 1. The van der Waals surface area contributed by atoms with E-state index in [0.717, 1.165) is 25.1 Å². The Bertz CT molecular complexity index is 689. The number of thiocarbonyl (C=S) groups is 1. The van der Waals surface area contributed by atoms with Gasteiger partial charge in [-0.05, 0) is 67.3 Å². The molecule has 1 aromatic carbocycles. The van der Waals surface area contributed by atoms with Gasteiger partial charge in [0.05, 0.1) is 4.99 Å². The highest BCUT2D eigenvalue weighted by molar-refractivity contribution is 7.80. The molecule has 3 aliphatic rings. The predicted molar refractivity (Wildman–Crippen MR) is 129 cm³/mol. The normalized spacial score (nSPS) is 37.3. The molecule has 0 heterocycles. The first kappa shape index (κ1) is 23.0. The highest BCUT2D eigenvalue weighted by Gasteiger charge is 2.54.